The van der Waals surface area contributed by atoms with Crippen molar-refractivity contribution < 1.29 is 28.9 Å². The van der Waals surface area contributed by atoms with Crippen molar-refractivity contribution in [3.63, 3.8) is 0 Å². The van der Waals surface area contributed by atoms with Crippen LogP contribution in [0.25, 0.3) is 5.76 Å². The van der Waals surface area contributed by atoms with Crippen molar-refractivity contribution in [1.82, 2.24) is 9.88 Å². The Hall–Kier alpha value is -3.39. The number of nitrogens with zero attached hydrogens (tertiary/aromatic N) is 2. The van der Waals surface area contributed by atoms with Crippen LogP contribution in [0, 0.1) is 0 Å². The molecule has 30 heavy (non-hydrogen) atoms. The first kappa shape index (κ1) is 19.9. The van der Waals surface area contributed by atoms with Gasteiger partial charge in [-0.2, -0.15) is 0 Å². The number of pyridine rings is 1. The third kappa shape index (κ3) is 3.61. The minimum absolute atomic E-state index is 0.0297. The molecule has 2 aliphatic rings. The fourth-order valence-corrected chi connectivity index (χ4v) is 3.72. The van der Waals surface area contributed by atoms with Crippen molar-refractivity contribution in [3.8, 4) is 11.5 Å². The van der Waals surface area contributed by atoms with E-state index in [1.165, 1.54) is 4.90 Å². The van der Waals surface area contributed by atoms with Crippen LogP contribution < -0.4 is 9.47 Å². The van der Waals surface area contributed by atoms with Crippen LogP contribution in [-0.4, -0.2) is 60.2 Å². The number of ether oxygens (including phenoxy) is 3. The number of carbonyl (C=O) groups is 2. The molecular formula is C22H22N2O6. The largest absolute Gasteiger partial charge is 0.507 e. The molecule has 0 radical (unpaired) electrons. The van der Waals surface area contributed by atoms with Crippen LogP contribution in [0.2, 0.25) is 0 Å². The van der Waals surface area contributed by atoms with Gasteiger partial charge in [-0.25, -0.2) is 0 Å². The molecule has 0 aliphatic carbocycles. The molecule has 0 saturated carbocycles. The molecule has 1 saturated heterocycles. The molecular weight excluding hydrogens is 388 g/mol. The number of carbonyl (C=O) groups excluding carboxylic acids is 2. The maximum Gasteiger partial charge on any atom is 0.295 e. The number of aliphatic hydroxyl groups is 1. The molecule has 1 atom stereocenters. The first-order chi connectivity index (χ1) is 14.6. The second-order valence-electron chi connectivity index (χ2n) is 6.98. The van der Waals surface area contributed by atoms with Gasteiger partial charge in [-0.3, -0.25) is 14.6 Å². The van der Waals surface area contributed by atoms with Crippen LogP contribution in [0.4, 0.5) is 0 Å². The highest BCUT2D eigenvalue weighted by Gasteiger charge is 2.46. The Morgan fingerprint density at radius 3 is 2.77 bits per heavy atom. The summed E-state index contributed by atoms with van der Waals surface area (Å²) in [6.45, 7) is 1.61. The zero-order valence-corrected chi connectivity index (χ0v) is 16.5. The van der Waals surface area contributed by atoms with Gasteiger partial charge in [0, 0.05) is 38.2 Å². The lowest BCUT2D eigenvalue weighted by atomic mass is 9.96. The maximum atomic E-state index is 12.9. The normalized spacial score (nSPS) is 19.9. The van der Waals surface area contributed by atoms with Crippen LogP contribution >= 0.6 is 0 Å². The predicted octanol–water partition coefficient (Wildman–Crippen LogP) is 2.31. The van der Waals surface area contributed by atoms with Gasteiger partial charge in [0.2, 0.25) is 0 Å². The number of fused-ring (bicyclic) bond motifs is 1. The molecule has 0 bridgehead atoms. The average Bonchev–Trinajstić information content (AvgIpc) is 3.04. The fourth-order valence-electron chi connectivity index (χ4n) is 3.72. The van der Waals surface area contributed by atoms with E-state index in [4.69, 9.17) is 14.2 Å². The van der Waals surface area contributed by atoms with E-state index in [1.807, 2.05) is 0 Å². The second kappa shape index (κ2) is 8.54. The highest BCUT2D eigenvalue weighted by molar-refractivity contribution is 6.46. The lowest BCUT2D eigenvalue weighted by molar-refractivity contribution is -0.140. The van der Waals surface area contributed by atoms with E-state index in [0.29, 0.717) is 55.4 Å². The Labute approximate surface area is 173 Å². The number of aromatic nitrogens is 1. The Bertz CT molecular complexity index is 988. The monoisotopic (exact) mass is 410 g/mol. The number of amides is 1. The van der Waals surface area contributed by atoms with Gasteiger partial charge in [-0.05, 0) is 36.2 Å². The van der Waals surface area contributed by atoms with Crippen molar-refractivity contribution in [2.45, 2.75) is 12.5 Å². The van der Waals surface area contributed by atoms with E-state index in [0.717, 1.165) is 0 Å². The smallest absolute Gasteiger partial charge is 0.295 e. The minimum atomic E-state index is -0.733. The number of aliphatic hydroxyl groups excluding tert-OH is 1. The second-order valence-corrected chi connectivity index (χ2v) is 6.98. The summed E-state index contributed by atoms with van der Waals surface area (Å²) < 4.78 is 16.2. The van der Waals surface area contributed by atoms with Gasteiger partial charge < -0.3 is 24.2 Å². The number of rotatable bonds is 6. The molecule has 0 spiro atoms. The number of hydrogen-bond acceptors (Lipinski definition) is 7. The first-order valence-electron chi connectivity index (χ1n) is 9.69. The quantitative estimate of drug-likeness (QED) is 0.338. The minimum Gasteiger partial charge on any atom is -0.507 e. The fraction of sp³-hybridized carbons (Fsp3) is 0.318. The lowest BCUT2D eigenvalue weighted by Gasteiger charge is -2.25. The molecule has 1 aromatic carbocycles. The van der Waals surface area contributed by atoms with Gasteiger partial charge in [0.05, 0.1) is 11.6 Å². The third-order valence-electron chi connectivity index (χ3n) is 5.10. The van der Waals surface area contributed by atoms with Crippen molar-refractivity contribution in [2.75, 3.05) is 33.5 Å². The third-order valence-corrected chi connectivity index (χ3v) is 5.10. The molecule has 2 aliphatic heterocycles. The molecule has 1 fully saturated rings. The topological polar surface area (TPSA) is 98.2 Å². The summed E-state index contributed by atoms with van der Waals surface area (Å²) in [5.41, 5.74) is 1.05. The zero-order chi connectivity index (χ0) is 21.1. The van der Waals surface area contributed by atoms with E-state index in [9.17, 15) is 14.7 Å². The number of ketones is 1. The molecule has 8 nitrogen and oxygen atoms in total. The van der Waals surface area contributed by atoms with Crippen molar-refractivity contribution >= 4 is 17.4 Å². The van der Waals surface area contributed by atoms with Gasteiger partial charge in [0.25, 0.3) is 11.7 Å². The number of Topliss-reactive ketones (excluding diaryl/α,β-unsaturated/α-hetero) is 1. The van der Waals surface area contributed by atoms with Gasteiger partial charge in [-0.1, -0.05) is 6.07 Å². The molecule has 4 rings (SSSR count). The van der Waals surface area contributed by atoms with Gasteiger partial charge in [0.1, 0.15) is 19.0 Å². The van der Waals surface area contributed by atoms with Crippen LogP contribution in [0.1, 0.15) is 23.6 Å². The molecule has 156 valence electrons. The summed E-state index contributed by atoms with van der Waals surface area (Å²) >= 11 is 0. The maximum absolute atomic E-state index is 12.9. The molecule has 1 amide bonds. The zero-order valence-electron chi connectivity index (χ0n) is 16.5. The summed E-state index contributed by atoms with van der Waals surface area (Å²) in [6, 6.07) is 7.71. The number of methoxy groups -OCH3 is 1. The van der Waals surface area contributed by atoms with E-state index >= 15 is 0 Å². The lowest BCUT2D eigenvalue weighted by Crippen LogP contribution is -2.31. The van der Waals surface area contributed by atoms with Gasteiger partial charge in [-0.15, -0.1) is 0 Å². The summed E-state index contributed by atoms with van der Waals surface area (Å²) in [6.07, 6.45) is 3.77. The average molecular weight is 410 g/mol. The Morgan fingerprint density at radius 2 is 2.03 bits per heavy atom. The standard InChI is InChI=1S/C22H22N2O6/c1-28-9-3-8-24-19(15-4-2-7-23-13-15)18(21(26)22(24)27)20(25)14-5-6-16-17(12-14)30-11-10-29-16/h2,4-7,12-13,19,25H,3,8-11H2,1H3/b20-18+. The SMILES string of the molecule is COCCCN1C(=O)C(=O)/C(=C(/O)c2ccc3c(c2)OCCO3)C1c1cccnc1. The molecule has 1 unspecified atom stereocenters. The van der Waals surface area contributed by atoms with E-state index in [1.54, 1.807) is 49.8 Å². The van der Waals surface area contributed by atoms with Crippen LogP contribution in [0.5, 0.6) is 11.5 Å². The summed E-state index contributed by atoms with van der Waals surface area (Å²) in [4.78, 5) is 31.3. The van der Waals surface area contributed by atoms with Crippen molar-refractivity contribution in [2.24, 2.45) is 0 Å². The highest BCUT2D eigenvalue weighted by Crippen LogP contribution is 2.40. The molecule has 2 aromatic rings. The molecule has 1 aromatic heterocycles. The Kier molecular flexibility index (Phi) is 5.67. The Morgan fingerprint density at radius 1 is 1.23 bits per heavy atom. The van der Waals surface area contributed by atoms with E-state index in [-0.39, 0.29) is 11.3 Å². The molecule has 8 heteroatoms. The van der Waals surface area contributed by atoms with Gasteiger partial charge in [0.15, 0.2) is 11.5 Å². The van der Waals surface area contributed by atoms with Crippen LogP contribution in [0.3, 0.4) is 0 Å². The predicted molar refractivity (Wildman–Crippen MR) is 107 cm³/mol. The number of hydrogen-bond donors (Lipinski definition) is 1. The van der Waals surface area contributed by atoms with Gasteiger partial charge >= 0.3 is 0 Å². The molecule has 1 N–H and O–H groups in total. The number of benzene rings is 1. The van der Waals surface area contributed by atoms with Crippen molar-refractivity contribution in [1.29, 1.82) is 0 Å². The number of likely N-dealkylation sites (tertiary alicyclic amines) is 1. The molecule has 3 heterocycles. The highest BCUT2D eigenvalue weighted by atomic mass is 16.6. The van der Waals surface area contributed by atoms with Crippen molar-refractivity contribution in [3.05, 3.63) is 59.4 Å². The first-order valence-corrected chi connectivity index (χ1v) is 9.69. The summed E-state index contributed by atoms with van der Waals surface area (Å²) in [5.74, 6) is -0.583. The van der Waals surface area contributed by atoms with E-state index in [2.05, 4.69) is 4.98 Å². The summed E-state index contributed by atoms with van der Waals surface area (Å²) in [7, 11) is 1.58. The Balaban J connectivity index is 1.79. The van der Waals surface area contributed by atoms with Crippen LogP contribution in [-0.2, 0) is 14.3 Å². The van der Waals surface area contributed by atoms with Crippen LogP contribution in [0.15, 0.2) is 48.3 Å². The summed E-state index contributed by atoms with van der Waals surface area (Å²) in [5, 5.41) is 11.1. The van der Waals surface area contributed by atoms with E-state index < -0.39 is 17.7 Å².